The van der Waals surface area contributed by atoms with Crippen molar-refractivity contribution in [2.24, 2.45) is 5.92 Å². The van der Waals surface area contributed by atoms with E-state index in [2.05, 4.69) is 9.97 Å². The minimum atomic E-state index is -4.58. The normalized spacial score (nSPS) is 16.4. The van der Waals surface area contributed by atoms with Crippen LogP contribution in [0.2, 0.25) is 0 Å². The smallest absolute Gasteiger partial charge is 0.381 e. The number of alkyl halides is 3. The van der Waals surface area contributed by atoms with E-state index in [4.69, 9.17) is 4.74 Å². The standard InChI is InChI=1S/C20H21F3N4O/c1-14(17-3-2-8-25-12-17)27(13-15-6-9-28-10-7-15)19-16(11-24)4-5-18(26-19)20(21,22)23/h2-5,8,12,14-15H,6-7,9-10,13H2,1H3. The van der Waals surface area contributed by atoms with E-state index in [-0.39, 0.29) is 23.3 Å². The van der Waals surface area contributed by atoms with Crippen LogP contribution in [0.4, 0.5) is 19.0 Å². The lowest BCUT2D eigenvalue weighted by atomic mass is 9.97. The summed E-state index contributed by atoms with van der Waals surface area (Å²) in [5, 5.41) is 9.49. The van der Waals surface area contributed by atoms with Crippen molar-refractivity contribution in [1.82, 2.24) is 9.97 Å². The first kappa shape index (κ1) is 20.1. The summed E-state index contributed by atoms with van der Waals surface area (Å²) in [7, 11) is 0. The number of nitriles is 1. The third kappa shape index (κ3) is 4.60. The number of halogens is 3. The van der Waals surface area contributed by atoms with E-state index in [9.17, 15) is 18.4 Å². The summed E-state index contributed by atoms with van der Waals surface area (Å²) in [5.41, 5.74) is -0.0367. The maximum absolute atomic E-state index is 13.3. The Hall–Kier alpha value is -2.66. The molecular formula is C20H21F3N4O. The molecule has 0 amide bonds. The summed E-state index contributed by atoms with van der Waals surface area (Å²) in [6, 6.07) is 7.39. The van der Waals surface area contributed by atoms with Crippen LogP contribution in [0, 0.1) is 17.2 Å². The third-order valence-corrected chi connectivity index (χ3v) is 4.99. The molecule has 0 N–H and O–H groups in total. The van der Waals surface area contributed by atoms with Crippen molar-refractivity contribution in [1.29, 1.82) is 5.26 Å². The summed E-state index contributed by atoms with van der Waals surface area (Å²) >= 11 is 0. The molecule has 148 valence electrons. The van der Waals surface area contributed by atoms with Crippen LogP contribution in [-0.4, -0.2) is 29.7 Å². The van der Waals surface area contributed by atoms with Gasteiger partial charge in [-0.2, -0.15) is 18.4 Å². The van der Waals surface area contributed by atoms with Crippen molar-refractivity contribution in [3.63, 3.8) is 0 Å². The SMILES string of the molecule is CC(c1cccnc1)N(CC1CCOCC1)c1nc(C(F)(F)F)ccc1C#N. The van der Waals surface area contributed by atoms with Gasteiger partial charge in [-0.15, -0.1) is 0 Å². The second-order valence-electron chi connectivity index (χ2n) is 6.85. The van der Waals surface area contributed by atoms with Gasteiger partial charge in [-0.1, -0.05) is 6.07 Å². The molecule has 1 atom stereocenters. The number of pyridine rings is 2. The van der Waals surface area contributed by atoms with Gasteiger partial charge >= 0.3 is 6.18 Å². The highest BCUT2D eigenvalue weighted by molar-refractivity contribution is 5.56. The van der Waals surface area contributed by atoms with Gasteiger partial charge in [0.2, 0.25) is 0 Å². The highest BCUT2D eigenvalue weighted by Crippen LogP contribution is 2.34. The van der Waals surface area contributed by atoms with Crippen LogP contribution in [0.1, 0.15) is 42.6 Å². The van der Waals surface area contributed by atoms with Crippen LogP contribution in [-0.2, 0) is 10.9 Å². The van der Waals surface area contributed by atoms with E-state index in [1.165, 1.54) is 6.07 Å². The average Bonchev–Trinajstić information content (AvgIpc) is 2.72. The first-order chi connectivity index (χ1) is 13.4. The molecule has 3 rings (SSSR count). The second-order valence-corrected chi connectivity index (χ2v) is 6.85. The van der Waals surface area contributed by atoms with Crippen molar-refractivity contribution in [3.8, 4) is 6.07 Å². The van der Waals surface area contributed by atoms with E-state index in [1.54, 1.807) is 23.4 Å². The summed E-state index contributed by atoms with van der Waals surface area (Å²) in [6.45, 7) is 3.63. The van der Waals surface area contributed by atoms with E-state index < -0.39 is 11.9 Å². The zero-order valence-corrected chi connectivity index (χ0v) is 15.5. The molecule has 0 saturated carbocycles. The molecule has 1 unspecified atom stereocenters. The van der Waals surface area contributed by atoms with Crippen molar-refractivity contribution in [3.05, 3.63) is 53.5 Å². The molecule has 0 aromatic carbocycles. The van der Waals surface area contributed by atoms with Gasteiger partial charge in [0.15, 0.2) is 0 Å². The molecule has 28 heavy (non-hydrogen) atoms. The summed E-state index contributed by atoms with van der Waals surface area (Å²) in [5.74, 6) is 0.302. The van der Waals surface area contributed by atoms with Gasteiger partial charge in [-0.3, -0.25) is 4.98 Å². The van der Waals surface area contributed by atoms with Gasteiger partial charge in [0, 0.05) is 32.2 Å². The number of hydrogen-bond donors (Lipinski definition) is 0. The van der Waals surface area contributed by atoms with Gasteiger partial charge in [-0.05, 0) is 49.4 Å². The molecule has 0 aliphatic carbocycles. The number of anilines is 1. The lowest BCUT2D eigenvalue weighted by Gasteiger charge is -2.35. The molecule has 5 nitrogen and oxygen atoms in total. The van der Waals surface area contributed by atoms with Crippen LogP contribution in [0.5, 0.6) is 0 Å². The van der Waals surface area contributed by atoms with Gasteiger partial charge in [0.1, 0.15) is 17.6 Å². The van der Waals surface area contributed by atoms with Crippen LogP contribution in [0.15, 0.2) is 36.7 Å². The summed E-state index contributed by atoms with van der Waals surface area (Å²) < 4.78 is 45.2. The third-order valence-electron chi connectivity index (χ3n) is 4.99. The fourth-order valence-electron chi connectivity index (χ4n) is 3.35. The Morgan fingerprint density at radius 2 is 2.04 bits per heavy atom. The molecule has 2 aromatic rings. The number of hydrogen-bond acceptors (Lipinski definition) is 5. The highest BCUT2D eigenvalue weighted by Gasteiger charge is 2.34. The Morgan fingerprint density at radius 1 is 1.29 bits per heavy atom. The highest BCUT2D eigenvalue weighted by atomic mass is 19.4. The molecule has 1 fully saturated rings. The number of aromatic nitrogens is 2. The number of ether oxygens (including phenoxy) is 1. The number of rotatable bonds is 5. The van der Waals surface area contributed by atoms with E-state index in [0.717, 1.165) is 24.5 Å². The van der Waals surface area contributed by atoms with Crippen LogP contribution in [0.25, 0.3) is 0 Å². The second kappa shape index (κ2) is 8.57. The van der Waals surface area contributed by atoms with Gasteiger partial charge < -0.3 is 9.64 Å². The Labute approximate surface area is 161 Å². The lowest BCUT2D eigenvalue weighted by Crippen LogP contribution is -2.36. The quantitative estimate of drug-likeness (QED) is 0.759. The summed E-state index contributed by atoms with van der Waals surface area (Å²) in [6.07, 6.45) is 0.377. The zero-order chi connectivity index (χ0) is 20.1. The molecule has 1 aliphatic heterocycles. The monoisotopic (exact) mass is 390 g/mol. The van der Waals surface area contributed by atoms with E-state index in [1.807, 2.05) is 19.1 Å². The van der Waals surface area contributed by atoms with Gasteiger partial charge in [-0.25, -0.2) is 4.98 Å². The van der Waals surface area contributed by atoms with Crippen LogP contribution in [0.3, 0.4) is 0 Å². The molecular weight excluding hydrogens is 369 g/mol. The predicted octanol–water partition coefficient (Wildman–Crippen LogP) is 4.36. The van der Waals surface area contributed by atoms with Crippen molar-refractivity contribution >= 4 is 5.82 Å². The fourth-order valence-corrected chi connectivity index (χ4v) is 3.35. The predicted molar refractivity (Wildman–Crippen MR) is 97.5 cm³/mol. The topological polar surface area (TPSA) is 62.0 Å². The summed E-state index contributed by atoms with van der Waals surface area (Å²) in [4.78, 5) is 9.76. The molecule has 0 bridgehead atoms. The first-order valence-electron chi connectivity index (χ1n) is 9.13. The fraction of sp³-hybridized carbons (Fsp3) is 0.450. The molecule has 8 heteroatoms. The van der Waals surface area contributed by atoms with Crippen molar-refractivity contribution in [2.75, 3.05) is 24.7 Å². The maximum Gasteiger partial charge on any atom is 0.433 e. The van der Waals surface area contributed by atoms with E-state index in [0.29, 0.717) is 19.8 Å². The Bertz CT molecular complexity index is 830. The Balaban J connectivity index is 2.03. The van der Waals surface area contributed by atoms with Gasteiger partial charge in [0.05, 0.1) is 11.6 Å². The average molecular weight is 390 g/mol. The largest absolute Gasteiger partial charge is 0.433 e. The lowest BCUT2D eigenvalue weighted by molar-refractivity contribution is -0.141. The molecule has 0 spiro atoms. The van der Waals surface area contributed by atoms with Crippen molar-refractivity contribution < 1.29 is 17.9 Å². The zero-order valence-electron chi connectivity index (χ0n) is 15.5. The molecule has 0 radical (unpaired) electrons. The van der Waals surface area contributed by atoms with Crippen molar-refractivity contribution in [2.45, 2.75) is 32.0 Å². The van der Waals surface area contributed by atoms with Gasteiger partial charge in [0.25, 0.3) is 0 Å². The Kier molecular flexibility index (Phi) is 6.15. The molecule has 2 aromatic heterocycles. The molecule has 1 aliphatic rings. The minimum absolute atomic E-state index is 0.0557. The van der Waals surface area contributed by atoms with Crippen LogP contribution < -0.4 is 4.90 Å². The minimum Gasteiger partial charge on any atom is -0.381 e. The van der Waals surface area contributed by atoms with E-state index >= 15 is 0 Å². The molecule has 1 saturated heterocycles. The maximum atomic E-state index is 13.3. The molecule has 3 heterocycles. The first-order valence-corrected chi connectivity index (χ1v) is 9.13. The number of nitrogens with zero attached hydrogens (tertiary/aromatic N) is 4. The van der Waals surface area contributed by atoms with Crippen LogP contribution >= 0.6 is 0 Å². The Morgan fingerprint density at radius 3 is 2.64 bits per heavy atom.